The van der Waals surface area contributed by atoms with Gasteiger partial charge in [0.2, 0.25) is 5.91 Å². The van der Waals surface area contributed by atoms with Gasteiger partial charge in [-0.05, 0) is 49.5 Å². The predicted octanol–water partition coefficient (Wildman–Crippen LogP) is 4.36. The average molecular weight is 392 g/mol. The standard InChI is InChI=1S/C24H28N2O3/c1-17(24(27)25-21-11-7-9-19-8-5-6-10-20(19)21)26(2)15-14-18-12-13-22(28-3)23(16-18)29-4/h5-13,16-17H,14-15H2,1-4H3,(H,25,27)/t17-/m0/s1. The van der Waals surface area contributed by atoms with E-state index in [-0.39, 0.29) is 11.9 Å². The summed E-state index contributed by atoms with van der Waals surface area (Å²) in [6.07, 6.45) is 0.808. The molecule has 0 bridgehead atoms. The van der Waals surface area contributed by atoms with Crippen LogP contribution in [-0.2, 0) is 11.2 Å². The van der Waals surface area contributed by atoms with Gasteiger partial charge in [0.25, 0.3) is 0 Å². The molecule has 0 saturated heterocycles. The van der Waals surface area contributed by atoms with Crippen molar-refractivity contribution in [2.75, 3.05) is 33.1 Å². The van der Waals surface area contributed by atoms with E-state index >= 15 is 0 Å². The highest BCUT2D eigenvalue weighted by Crippen LogP contribution is 2.28. The largest absolute Gasteiger partial charge is 0.493 e. The van der Waals surface area contributed by atoms with Crippen LogP contribution < -0.4 is 14.8 Å². The molecule has 0 spiro atoms. The second-order valence-electron chi connectivity index (χ2n) is 7.11. The number of nitrogens with one attached hydrogen (secondary N) is 1. The fourth-order valence-electron chi connectivity index (χ4n) is 3.31. The Bertz CT molecular complexity index is 982. The molecule has 0 aliphatic carbocycles. The zero-order valence-corrected chi connectivity index (χ0v) is 17.4. The number of fused-ring (bicyclic) bond motifs is 1. The lowest BCUT2D eigenvalue weighted by Gasteiger charge is -2.24. The summed E-state index contributed by atoms with van der Waals surface area (Å²) in [5.41, 5.74) is 1.98. The number of ether oxygens (including phenoxy) is 2. The fourth-order valence-corrected chi connectivity index (χ4v) is 3.31. The van der Waals surface area contributed by atoms with Crippen LogP contribution >= 0.6 is 0 Å². The van der Waals surface area contributed by atoms with E-state index in [1.165, 1.54) is 0 Å². The van der Waals surface area contributed by atoms with Gasteiger partial charge < -0.3 is 14.8 Å². The van der Waals surface area contributed by atoms with E-state index in [1.807, 2.05) is 74.6 Å². The molecule has 29 heavy (non-hydrogen) atoms. The third-order valence-corrected chi connectivity index (χ3v) is 5.29. The first-order chi connectivity index (χ1) is 14.0. The Morgan fingerprint density at radius 3 is 2.48 bits per heavy atom. The lowest BCUT2D eigenvalue weighted by Crippen LogP contribution is -2.40. The van der Waals surface area contributed by atoms with Crippen molar-refractivity contribution >= 4 is 22.4 Å². The first-order valence-corrected chi connectivity index (χ1v) is 9.73. The van der Waals surface area contributed by atoms with Crippen molar-refractivity contribution in [3.8, 4) is 11.5 Å². The molecule has 0 unspecified atom stereocenters. The Labute approximate surface area is 172 Å². The third kappa shape index (κ3) is 4.87. The number of rotatable bonds is 8. The maximum absolute atomic E-state index is 12.8. The minimum atomic E-state index is -0.255. The van der Waals surface area contributed by atoms with E-state index in [9.17, 15) is 4.79 Å². The van der Waals surface area contributed by atoms with Crippen LogP contribution in [0.2, 0.25) is 0 Å². The summed E-state index contributed by atoms with van der Waals surface area (Å²) in [7, 11) is 5.23. The van der Waals surface area contributed by atoms with Crippen molar-refractivity contribution in [2.45, 2.75) is 19.4 Å². The lowest BCUT2D eigenvalue weighted by molar-refractivity contribution is -0.120. The molecule has 0 heterocycles. The molecule has 0 aromatic heterocycles. The van der Waals surface area contributed by atoms with Gasteiger partial charge in [0.1, 0.15) is 0 Å². The zero-order valence-electron chi connectivity index (χ0n) is 17.4. The number of anilines is 1. The molecule has 3 aromatic carbocycles. The number of benzene rings is 3. The molecule has 5 nitrogen and oxygen atoms in total. The molecule has 1 amide bonds. The number of methoxy groups -OCH3 is 2. The molecule has 152 valence electrons. The number of nitrogens with zero attached hydrogens (tertiary/aromatic N) is 1. The van der Waals surface area contributed by atoms with Gasteiger partial charge in [-0.15, -0.1) is 0 Å². The Kier molecular flexibility index (Phi) is 6.73. The highest BCUT2D eigenvalue weighted by Gasteiger charge is 2.19. The molecule has 1 N–H and O–H groups in total. The summed E-state index contributed by atoms with van der Waals surface area (Å²) >= 11 is 0. The lowest BCUT2D eigenvalue weighted by atomic mass is 10.1. The SMILES string of the molecule is COc1ccc(CCN(C)[C@@H](C)C(=O)Nc2cccc3ccccc23)cc1OC. The van der Waals surface area contributed by atoms with Crippen LogP contribution in [0.3, 0.4) is 0 Å². The van der Waals surface area contributed by atoms with Gasteiger partial charge in [-0.3, -0.25) is 9.69 Å². The summed E-state index contributed by atoms with van der Waals surface area (Å²) in [5, 5.41) is 5.24. The Morgan fingerprint density at radius 2 is 1.72 bits per heavy atom. The molecular weight excluding hydrogens is 364 g/mol. The zero-order chi connectivity index (χ0) is 20.8. The fraction of sp³-hybridized carbons (Fsp3) is 0.292. The first kappa shape index (κ1) is 20.7. The Morgan fingerprint density at radius 1 is 1.00 bits per heavy atom. The van der Waals surface area contributed by atoms with Crippen molar-refractivity contribution in [2.24, 2.45) is 0 Å². The number of hydrogen-bond donors (Lipinski definition) is 1. The molecule has 3 aromatic rings. The van der Waals surface area contributed by atoms with Crippen molar-refractivity contribution in [1.82, 2.24) is 4.90 Å². The Hall–Kier alpha value is -3.05. The van der Waals surface area contributed by atoms with Gasteiger partial charge in [-0.1, -0.05) is 42.5 Å². The van der Waals surface area contributed by atoms with E-state index in [2.05, 4.69) is 10.2 Å². The Balaban J connectivity index is 1.62. The van der Waals surface area contributed by atoms with Crippen molar-refractivity contribution < 1.29 is 14.3 Å². The molecule has 5 heteroatoms. The molecule has 0 fully saturated rings. The van der Waals surface area contributed by atoms with Crippen LogP contribution in [-0.4, -0.2) is 44.7 Å². The highest BCUT2D eigenvalue weighted by molar-refractivity contribution is 6.03. The van der Waals surface area contributed by atoms with Gasteiger partial charge in [-0.2, -0.15) is 0 Å². The topological polar surface area (TPSA) is 50.8 Å². The first-order valence-electron chi connectivity index (χ1n) is 9.73. The van der Waals surface area contributed by atoms with Crippen LogP contribution in [0.5, 0.6) is 11.5 Å². The van der Waals surface area contributed by atoms with E-state index in [4.69, 9.17) is 9.47 Å². The normalized spacial score (nSPS) is 12.0. The number of carbonyl (C=O) groups excluding carboxylic acids is 1. The number of amides is 1. The molecule has 0 aliphatic heterocycles. The van der Waals surface area contributed by atoms with Crippen LogP contribution in [0.25, 0.3) is 10.8 Å². The van der Waals surface area contributed by atoms with Crippen LogP contribution in [0, 0.1) is 0 Å². The smallest absolute Gasteiger partial charge is 0.241 e. The molecule has 0 saturated carbocycles. The van der Waals surface area contributed by atoms with Gasteiger partial charge in [0.15, 0.2) is 11.5 Å². The van der Waals surface area contributed by atoms with E-state index in [0.717, 1.165) is 40.7 Å². The van der Waals surface area contributed by atoms with E-state index in [1.54, 1.807) is 14.2 Å². The quantitative estimate of drug-likeness (QED) is 0.619. The molecule has 1 atom stereocenters. The van der Waals surface area contributed by atoms with Crippen molar-refractivity contribution in [1.29, 1.82) is 0 Å². The van der Waals surface area contributed by atoms with Crippen LogP contribution in [0.4, 0.5) is 5.69 Å². The summed E-state index contributed by atoms with van der Waals surface area (Å²) in [6, 6.07) is 19.7. The van der Waals surface area contributed by atoms with Gasteiger partial charge in [0, 0.05) is 17.6 Å². The summed E-state index contributed by atoms with van der Waals surface area (Å²) < 4.78 is 10.7. The summed E-state index contributed by atoms with van der Waals surface area (Å²) in [6.45, 7) is 2.68. The minimum absolute atomic E-state index is 0.0174. The molecule has 0 radical (unpaired) electrons. The second-order valence-corrected chi connectivity index (χ2v) is 7.11. The second kappa shape index (κ2) is 9.43. The van der Waals surface area contributed by atoms with Crippen molar-refractivity contribution in [3.63, 3.8) is 0 Å². The van der Waals surface area contributed by atoms with Crippen molar-refractivity contribution in [3.05, 3.63) is 66.2 Å². The molecule has 0 aliphatic rings. The molecule has 3 rings (SSSR count). The maximum atomic E-state index is 12.8. The van der Waals surface area contributed by atoms with Gasteiger partial charge in [-0.25, -0.2) is 0 Å². The number of carbonyl (C=O) groups is 1. The minimum Gasteiger partial charge on any atom is -0.493 e. The van der Waals surface area contributed by atoms with E-state index in [0.29, 0.717) is 5.75 Å². The third-order valence-electron chi connectivity index (χ3n) is 5.29. The maximum Gasteiger partial charge on any atom is 0.241 e. The highest BCUT2D eigenvalue weighted by atomic mass is 16.5. The number of hydrogen-bond acceptors (Lipinski definition) is 4. The van der Waals surface area contributed by atoms with E-state index < -0.39 is 0 Å². The average Bonchev–Trinajstić information content (AvgIpc) is 2.76. The monoisotopic (exact) mass is 392 g/mol. The summed E-state index contributed by atoms with van der Waals surface area (Å²) in [4.78, 5) is 14.9. The van der Waals surface area contributed by atoms with Crippen LogP contribution in [0.15, 0.2) is 60.7 Å². The summed E-state index contributed by atoms with van der Waals surface area (Å²) in [5.74, 6) is 1.41. The number of likely N-dealkylation sites (N-methyl/N-ethyl adjacent to an activating group) is 1. The van der Waals surface area contributed by atoms with Crippen LogP contribution in [0.1, 0.15) is 12.5 Å². The predicted molar refractivity (Wildman–Crippen MR) is 118 cm³/mol. The molecular formula is C24H28N2O3. The van der Waals surface area contributed by atoms with Gasteiger partial charge in [0.05, 0.1) is 20.3 Å². The van der Waals surface area contributed by atoms with Gasteiger partial charge >= 0.3 is 0 Å².